The first-order valence-electron chi connectivity index (χ1n) is 7.81. The second kappa shape index (κ2) is 7.51. The van der Waals surface area contributed by atoms with E-state index in [1.54, 1.807) is 12.3 Å². The molecule has 1 N–H and O–H groups in total. The van der Waals surface area contributed by atoms with Gasteiger partial charge in [0, 0.05) is 18.8 Å². The van der Waals surface area contributed by atoms with Crippen molar-refractivity contribution in [2.24, 2.45) is 0 Å². The quantitative estimate of drug-likeness (QED) is 0.872. The average Bonchev–Trinajstić information content (AvgIpc) is 2.63. The summed E-state index contributed by atoms with van der Waals surface area (Å²) in [4.78, 5) is 18.4. The minimum absolute atomic E-state index is 0.00854. The molecule has 0 bridgehead atoms. The third-order valence-electron chi connectivity index (χ3n) is 3.89. The van der Waals surface area contributed by atoms with Crippen LogP contribution in [-0.2, 0) is 10.9 Å². The van der Waals surface area contributed by atoms with Gasteiger partial charge in [-0.25, -0.2) is 4.98 Å². The molecule has 0 spiro atoms. The van der Waals surface area contributed by atoms with E-state index >= 15 is 0 Å². The number of benzene rings is 1. The van der Waals surface area contributed by atoms with E-state index in [2.05, 4.69) is 15.2 Å². The van der Waals surface area contributed by atoms with Crippen LogP contribution in [0.2, 0.25) is 5.02 Å². The van der Waals surface area contributed by atoms with Crippen LogP contribution in [0.4, 0.5) is 24.5 Å². The Hall–Kier alpha value is -2.32. The molecule has 0 saturated carbocycles. The number of carbonyl (C=O) groups is 1. The summed E-state index contributed by atoms with van der Waals surface area (Å²) in [5.41, 5.74) is -0.0559. The number of aromatic nitrogens is 1. The van der Waals surface area contributed by atoms with Crippen molar-refractivity contribution < 1.29 is 22.7 Å². The number of halogens is 4. The van der Waals surface area contributed by atoms with Crippen molar-refractivity contribution in [3.63, 3.8) is 0 Å². The summed E-state index contributed by atoms with van der Waals surface area (Å²) < 4.78 is 43.9. The van der Waals surface area contributed by atoms with Gasteiger partial charge in [0.2, 0.25) is 0 Å². The summed E-state index contributed by atoms with van der Waals surface area (Å²) in [6.07, 6.45) is -3.04. The number of carbonyl (C=O) groups excluding carboxylic acids is 1. The fourth-order valence-electron chi connectivity index (χ4n) is 2.54. The zero-order valence-electron chi connectivity index (χ0n) is 13.5. The van der Waals surface area contributed by atoms with E-state index in [0.29, 0.717) is 13.2 Å². The smallest absolute Gasteiger partial charge is 0.378 e. The zero-order valence-corrected chi connectivity index (χ0v) is 14.3. The van der Waals surface area contributed by atoms with Crippen LogP contribution in [0.3, 0.4) is 0 Å². The highest BCUT2D eigenvalue weighted by molar-refractivity contribution is 6.31. The van der Waals surface area contributed by atoms with E-state index in [0.717, 1.165) is 30.9 Å². The summed E-state index contributed by atoms with van der Waals surface area (Å²) in [6, 6.07) is 6.46. The first-order valence-corrected chi connectivity index (χ1v) is 8.19. The van der Waals surface area contributed by atoms with Crippen LogP contribution in [0.15, 0.2) is 36.5 Å². The Kier molecular flexibility index (Phi) is 5.33. The van der Waals surface area contributed by atoms with Gasteiger partial charge >= 0.3 is 6.18 Å². The molecule has 1 amide bonds. The summed E-state index contributed by atoms with van der Waals surface area (Å²) in [5.74, 6) is -0.603. The third-order valence-corrected chi connectivity index (χ3v) is 4.22. The van der Waals surface area contributed by atoms with Crippen molar-refractivity contribution in [2.75, 3.05) is 36.5 Å². The largest absolute Gasteiger partial charge is 0.417 e. The molecule has 1 aliphatic heterocycles. The van der Waals surface area contributed by atoms with E-state index in [4.69, 9.17) is 16.3 Å². The number of hydrogen-bond acceptors (Lipinski definition) is 4. The lowest BCUT2D eigenvalue weighted by Gasteiger charge is -2.28. The molecule has 1 saturated heterocycles. The second-order valence-electron chi connectivity index (χ2n) is 5.65. The van der Waals surface area contributed by atoms with Crippen LogP contribution in [0.1, 0.15) is 16.1 Å². The Balaban J connectivity index is 1.72. The van der Waals surface area contributed by atoms with Gasteiger partial charge in [0.1, 0.15) is 5.69 Å². The predicted molar refractivity (Wildman–Crippen MR) is 91.7 cm³/mol. The molecule has 26 heavy (non-hydrogen) atoms. The molecule has 0 atom stereocenters. The number of hydrogen-bond donors (Lipinski definition) is 1. The van der Waals surface area contributed by atoms with Gasteiger partial charge < -0.3 is 15.0 Å². The molecule has 1 fully saturated rings. The highest BCUT2D eigenvalue weighted by Gasteiger charge is 2.33. The average molecular weight is 386 g/mol. The number of alkyl halides is 3. The maximum Gasteiger partial charge on any atom is 0.417 e. The standard InChI is InChI=1S/C17H15ClF3N3O2/c18-14-3-1-11(9-13(14)17(19,20)21)23-16(25)15-4-2-12(10-22-15)24-5-7-26-8-6-24/h1-4,9-10H,5-8H2,(H,23,25). The van der Waals surface area contributed by atoms with Crippen molar-refractivity contribution >= 4 is 28.9 Å². The molecular weight excluding hydrogens is 371 g/mol. The van der Waals surface area contributed by atoms with E-state index in [1.165, 1.54) is 12.1 Å². The van der Waals surface area contributed by atoms with Crippen molar-refractivity contribution in [2.45, 2.75) is 6.18 Å². The number of pyridine rings is 1. The fourth-order valence-corrected chi connectivity index (χ4v) is 2.77. The van der Waals surface area contributed by atoms with Gasteiger partial charge in [0.15, 0.2) is 0 Å². The molecule has 138 valence electrons. The molecule has 1 aromatic heterocycles. The molecular formula is C17H15ClF3N3O2. The number of ether oxygens (including phenoxy) is 1. The fraction of sp³-hybridized carbons (Fsp3) is 0.294. The minimum Gasteiger partial charge on any atom is -0.378 e. The van der Waals surface area contributed by atoms with Gasteiger partial charge in [0.25, 0.3) is 5.91 Å². The van der Waals surface area contributed by atoms with Gasteiger partial charge in [-0.15, -0.1) is 0 Å². The number of morpholine rings is 1. The number of nitrogens with zero attached hydrogens (tertiary/aromatic N) is 2. The number of nitrogens with one attached hydrogen (secondary N) is 1. The number of rotatable bonds is 3. The van der Waals surface area contributed by atoms with Crippen molar-refractivity contribution in [1.82, 2.24) is 4.98 Å². The molecule has 0 aliphatic carbocycles. The third kappa shape index (κ3) is 4.25. The summed E-state index contributed by atoms with van der Waals surface area (Å²) in [6.45, 7) is 2.72. The molecule has 1 aliphatic rings. The molecule has 9 heteroatoms. The molecule has 2 heterocycles. The highest BCUT2D eigenvalue weighted by atomic mass is 35.5. The molecule has 3 rings (SSSR count). The maximum atomic E-state index is 12.9. The lowest BCUT2D eigenvalue weighted by Crippen LogP contribution is -2.36. The normalized spacial score (nSPS) is 15.0. The van der Waals surface area contributed by atoms with Crippen LogP contribution < -0.4 is 10.2 Å². The predicted octanol–water partition coefficient (Wildman–Crippen LogP) is 3.84. The van der Waals surface area contributed by atoms with Crippen molar-refractivity contribution in [1.29, 1.82) is 0 Å². The molecule has 5 nitrogen and oxygen atoms in total. The lowest BCUT2D eigenvalue weighted by atomic mass is 10.2. The summed E-state index contributed by atoms with van der Waals surface area (Å²) in [7, 11) is 0. The molecule has 2 aromatic rings. The maximum absolute atomic E-state index is 12.9. The van der Waals surface area contributed by atoms with E-state index in [1.807, 2.05) is 0 Å². The Morgan fingerprint density at radius 2 is 1.92 bits per heavy atom. The van der Waals surface area contributed by atoms with Gasteiger partial charge in [0.05, 0.1) is 35.7 Å². The van der Waals surface area contributed by atoms with Crippen LogP contribution >= 0.6 is 11.6 Å². The molecule has 0 radical (unpaired) electrons. The first kappa shape index (κ1) is 18.5. The van der Waals surface area contributed by atoms with E-state index in [9.17, 15) is 18.0 Å². The minimum atomic E-state index is -4.60. The Labute approximate surface area is 152 Å². The molecule has 1 aromatic carbocycles. The molecule has 0 unspecified atom stereocenters. The zero-order chi connectivity index (χ0) is 18.7. The SMILES string of the molecule is O=C(Nc1ccc(Cl)c(C(F)(F)F)c1)c1ccc(N2CCOCC2)cn1. The number of amides is 1. The Morgan fingerprint density at radius 1 is 1.19 bits per heavy atom. The van der Waals surface area contributed by atoms with Gasteiger partial charge in [-0.1, -0.05) is 11.6 Å². The summed E-state index contributed by atoms with van der Waals surface area (Å²) in [5, 5.41) is 1.98. The highest BCUT2D eigenvalue weighted by Crippen LogP contribution is 2.36. The number of anilines is 2. The van der Waals surface area contributed by atoms with Crippen LogP contribution in [0.25, 0.3) is 0 Å². The van der Waals surface area contributed by atoms with E-state index in [-0.39, 0.29) is 11.4 Å². The van der Waals surface area contributed by atoms with E-state index < -0.39 is 22.7 Å². The van der Waals surface area contributed by atoms with Crippen LogP contribution in [-0.4, -0.2) is 37.2 Å². The van der Waals surface area contributed by atoms with Crippen LogP contribution in [0, 0.1) is 0 Å². The van der Waals surface area contributed by atoms with Crippen molar-refractivity contribution in [3.05, 3.63) is 52.8 Å². The van der Waals surface area contributed by atoms with Crippen molar-refractivity contribution in [3.8, 4) is 0 Å². The lowest BCUT2D eigenvalue weighted by molar-refractivity contribution is -0.137. The summed E-state index contributed by atoms with van der Waals surface area (Å²) >= 11 is 5.57. The van der Waals surface area contributed by atoms with Crippen LogP contribution in [0.5, 0.6) is 0 Å². The first-order chi connectivity index (χ1) is 12.3. The van der Waals surface area contributed by atoms with Gasteiger partial charge in [-0.3, -0.25) is 4.79 Å². The van der Waals surface area contributed by atoms with Gasteiger partial charge in [-0.2, -0.15) is 13.2 Å². The Bertz CT molecular complexity index is 791. The monoisotopic (exact) mass is 385 g/mol. The van der Waals surface area contributed by atoms with Gasteiger partial charge in [-0.05, 0) is 30.3 Å². The Morgan fingerprint density at radius 3 is 2.54 bits per heavy atom. The topological polar surface area (TPSA) is 54.5 Å². The second-order valence-corrected chi connectivity index (χ2v) is 6.05.